The molecule has 2 heterocycles. The second-order valence-electron chi connectivity index (χ2n) is 5.86. The number of benzene rings is 1. The average Bonchev–Trinajstić information content (AvgIpc) is 2.57. The van der Waals surface area contributed by atoms with Gasteiger partial charge in [-0.15, -0.1) is 0 Å². The van der Waals surface area contributed by atoms with Gasteiger partial charge in [0, 0.05) is 34.4 Å². The molecule has 0 saturated heterocycles. The third kappa shape index (κ3) is 3.12. The van der Waals surface area contributed by atoms with Gasteiger partial charge in [-0.25, -0.2) is 4.98 Å². The van der Waals surface area contributed by atoms with Crippen LogP contribution >= 0.6 is 11.6 Å². The van der Waals surface area contributed by atoms with Gasteiger partial charge < -0.3 is 5.32 Å². The molecule has 0 aliphatic heterocycles. The summed E-state index contributed by atoms with van der Waals surface area (Å²) in [6, 6.07) is 9.02. The van der Waals surface area contributed by atoms with Gasteiger partial charge in [0.25, 0.3) is 5.56 Å². The Labute approximate surface area is 145 Å². The van der Waals surface area contributed by atoms with Crippen molar-refractivity contribution < 1.29 is 0 Å². The van der Waals surface area contributed by atoms with E-state index in [4.69, 9.17) is 11.6 Å². The van der Waals surface area contributed by atoms with Crippen LogP contribution in [0.4, 0.5) is 11.6 Å². The van der Waals surface area contributed by atoms with Crippen molar-refractivity contribution in [3.63, 3.8) is 0 Å². The van der Waals surface area contributed by atoms with E-state index in [-0.39, 0.29) is 11.6 Å². The molecule has 1 atom stereocenters. The monoisotopic (exact) mass is 342 g/mol. The SMILES string of the molecule is CCC(C)n1c(=O)ccc2cnc(Nc3ccc(Cl)c(C)c3)nc21. The molecule has 1 unspecified atom stereocenters. The summed E-state index contributed by atoms with van der Waals surface area (Å²) in [6.45, 7) is 6.00. The third-order valence-corrected chi connectivity index (χ3v) is 4.54. The lowest BCUT2D eigenvalue weighted by atomic mass is 10.2. The highest BCUT2D eigenvalue weighted by molar-refractivity contribution is 6.31. The van der Waals surface area contributed by atoms with Gasteiger partial charge >= 0.3 is 0 Å². The number of pyridine rings is 1. The van der Waals surface area contributed by atoms with Crippen LogP contribution in [0.15, 0.2) is 41.3 Å². The topological polar surface area (TPSA) is 59.8 Å². The molecular weight excluding hydrogens is 324 g/mol. The number of halogens is 1. The van der Waals surface area contributed by atoms with Crippen LogP contribution in [-0.4, -0.2) is 14.5 Å². The molecular formula is C18H19ClN4O. The molecule has 1 N–H and O–H groups in total. The number of hydrogen-bond donors (Lipinski definition) is 1. The van der Waals surface area contributed by atoms with Crippen LogP contribution in [0.2, 0.25) is 5.02 Å². The zero-order valence-corrected chi connectivity index (χ0v) is 14.6. The van der Waals surface area contributed by atoms with Crippen molar-refractivity contribution in [2.45, 2.75) is 33.2 Å². The molecule has 2 aromatic heterocycles. The maximum Gasteiger partial charge on any atom is 0.252 e. The van der Waals surface area contributed by atoms with E-state index in [0.717, 1.165) is 23.1 Å². The Balaban J connectivity index is 2.06. The first kappa shape index (κ1) is 16.5. The minimum Gasteiger partial charge on any atom is -0.324 e. The smallest absolute Gasteiger partial charge is 0.252 e. The summed E-state index contributed by atoms with van der Waals surface area (Å²) in [5.41, 5.74) is 2.41. The molecule has 0 amide bonds. The van der Waals surface area contributed by atoms with Crippen LogP contribution in [0.1, 0.15) is 31.9 Å². The molecule has 0 aliphatic carbocycles. The van der Waals surface area contributed by atoms with Gasteiger partial charge in [0.1, 0.15) is 5.65 Å². The molecule has 1 aromatic carbocycles. The molecule has 0 bridgehead atoms. The standard InChI is InChI=1S/C18H19ClN4O/c1-4-12(3)23-16(24)8-5-13-10-20-18(22-17(13)23)21-14-6-7-15(19)11(2)9-14/h5-10,12H,4H2,1-3H3,(H,20,21,22). The summed E-state index contributed by atoms with van der Waals surface area (Å²) in [4.78, 5) is 21.2. The first-order valence-electron chi connectivity index (χ1n) is 7.91. The van der Waals surface area contributed by atoms with E-state index >= 15 is 0 Å². The maximum absolute atomic E-state index is 12.3. The Bertz CT molecular complexity index is 951. The van der Waals surface area contributed by atoms with Gasteiger partial charge in [0.2, 0.25) is 5.95 Å². The number of hydrogen-bond acceptors (Lipinski definition) is 4. The molecule has 124 valence electrons. The van der Waals surface area contributed by atoms with E-state index in [1.807, 2.05) is 39.0 Å². The van der Waals surface area contributed by atoms with Gasteiger partial charge in [-0.05, 0) is 50.1 Å². The minimum absolute atomic E-state index is 0.0520. The minimum atomic E-state index is -0.0520. The zero-order valence-electron chi connectivity index (χ0n) is 13.9. The van der Waals surface area contributed by atoms with Crippen molar-refractivity contribution in [1.82, 2.24) is 14.5 Å². The summed E-state index contributed by atoms with van der Waals surface area (Å²) >= 11 is 6.05. The molecule has 0 fully saturated rings. The van der Waals surface area contributed by atoms with Gasteiger partial charge in [-0.1, -0.05) is 18.5 Å². The fourth-order valence-electron chi connectivity index (χ4n) is 2.56. The molecule has 3 rings (SSSR count). The van der Waals surface area contributed by atoms with E-state index in [2.05, 4.69) is 15.3 Å². The second-order valence-corrected chi connectivity index (χ2v) is 6.27. The molecule has 6 heteroatoms. The third-order valence-electron chi connectivity index (χ3n) is 4.11. The molecule has 3 aromatic rings. The highest BCUT2D eigenvalue weighted by atomic mass is 35.5. The van der Waals surface area contributed by atoms with Crippen LogP contribution in [0.5, 0.6) is 0 Å². The number of anilines is 2. The maximum atomic E-state index is 12.3. The number of nitrogens with zero attached hydrogens (tertiary/aromatic N) is 3. The molecule has 24 heavy (non-hydrogen) atoms. The number of fused-ring (bicyclic) bond motifs is 1. The number of aromatic nitrogens is 3. The highest BCUT2D eigenvalue weighted by Crippen LogP contribution is 2.22. The Hall–Kier alpha value is -2.40. The lowest BCUT2D eigenvalue weighted by molar-refractivity contribution is 0.528. The Kier molecular flexibility index (Phi) is 4.53. The van der Waals surface area contributed by atoms with E-state index in [1.165, 1.54) is 0 Å². The van der Waals surface area contributed by atoms with Crippen LogP contribution in [-0.2, 0) is 0 Å². The van der Waals surface area contributed by atoms with Gasteiger partial charge in [-0.3, -0.25) is 9.36 Å². The summed E-state index contributed by atoms with van der Waals surface area (Å²) in [5.74, 6) is 0.451. The van der Waals surface area contributed by atoms with Crippen molar-refractivity contribution in [1.29, 1.82) is 0 Å². The first-order valence-corrected chi connectivity index (χ1v) is 8.29. The van der Waals surface area contributed by atoms with Crippen molar-refractivity contribution >= 4 is 34.3 Å². The predicted molar refractivity (Wildman–Crippen MR) is 98.3 cm³/mol. The van der Waals surface area contributed by atoms with Gasteiger partial charge in [-0.2, -0.15) is 4.98 Å². The lowest BCUT2D eigenvalue weighted by Crippen LogP contribution is -2.23. The molecule has 0 spiro atoms. The number of rotatable bonds is 4. The second kappa shape index (κ2) is 6.61. The van der Waals surface area contributed by atoms with Gasteiger partial charge in [0.05, 0.1) is 0 Å². The van der Waals surface area contributed by atoms with Crippen molar-refractivity contribution in [2.75, 3.05) is 5.32 Å². The normalized spacial score (nSPS) is 12.3. The summed E-state index contributed by atoms with van der Waals surface area (Å²) in [7, 11) is 0. The largest absolute Gasteiger partial charge is 0.324 e. The molecule has 0 aliphatic rings. The molecule has 0 saturated carbocycles. The van der Waals surface area contributed by atoms with Crippen LogP contribution < -0.4 is 10.9 Å². The Morgan fingerprint density at radius 3 is 2.79 bits per heavy atom. The fraction of sp³-hybridized carbons (Fsp3) is 0.278. The predicted octanol–water partition coefficient (Wildman–Crippen LogP) is 4.47. The highest BCUT2D eigenvalue weighted by Gasteiger charge is 2.11. The summed E-state index contributed by atoms with van der Waals surface area (Å²) < 4.78 is 1.72. The number of nitrogens with one attached hydrogen (secondary N) is 1. The van der Waals surface area contributed by atoms with Crippen molar-refractivity contribution in [3.8, 4) is 0 Å². The summed E-state index contributed by atoms with van der Waals surface area (Å²) in [6.07, 6.45) is 2.58. The molecule has 5 nitrogen and oxygen atoms in total. The van der Waals surface area contributed by atoms with Crippen LogP contribution in [0.3, 0.4) is 0 Å². The van der Waals surface area contributed by atoms with Crippen LogP contribution in [0, 0.1) is 6.92 Å². The van der Waals surface area contributed by atoms with Crippen LogP contribution in [0.25, 0.3) is 11.0 Å². The van der Waals surface area contributed by atoms with Crippen molar-refractivity contribution in [2.24, 2.45) is 0 Å². The lowest BCUT2D eigenvalue weighted by Gasteiger charge is -2.16. The first-order chi connectivity index (χ1) is 11.5. The zero-order chi connectivity index (χ0) is 17.3. The Morgan fingerprint density at radius 1 is 1.29 bits per heavy atom. The summed E-state index contributed by atoms with van der Waals surface area (Å²) in [5, 5.41) is 4.73. The van der Waals surface area contributed by atoms with Gasteiger partial charge in [0.15, 0.2) is 0 Å². The number of aryl methyl sites for hydroxylation is 1. The van der Waals surface area contributed by atoms with E-state index < -0.39 is 0 Å². The molecule has 0 radical (unpaired) electrons. The van der Waals surface area contributed by atoms with E-state index in [0.29, 0.717) is 16.6 Å². The Morgan fingerprint density at radius 2 is 2.08 bits per heavy atom. The van der Waals surface area contributed by atoms with E-state index in [9.17, 15) is 4.79 Å². The fourth-order valence-corrected chi connectivity index (χ4v) is 2.68. The quantitative estimate of drug-likeness (QED) is 0.760. The average molecular weight is 343 g/mol. The van der Waals surface area contributed by atoms with E-state index in [1.54, 1.807) is 22.9 Å². The van der Waals surface area contributed by atoms with Crippen molar-refractivity contribution in [3.05, 3.63) is 57.5 Å².